The molecule has 0 N–H and O–H groups in total. The Labute approximate surface area is 174 Å². The lowest BCUT2D eigenvalue weighted by atomic mass is 10.2. The summed E-state index contributed by atoms with van der Waals surface area (Å²) >= 11 is 0. The molecule has 2 heterocycles. The molecule has 30 heavy (non-hydrogen) atoms. The Balaban J connectivity index is 1.35. The summed E-state index contributed by atoms with van der Waals surface area (Å²) in [6, 6.07) is 16.6. The molecule has 0 aliphatic carbocycles. The van der Waals surface area contributed by atoms with Crippen LogP contribution in [0.3, 0.4) is 0 Å². The van der Waals surface area contributed by atoms with E-state index in [0.717, 1.165) is 13.1 Å². The molecule has 2 aromatic carbocycles. The molecular weight excluding hydrogens is 385 g/mol. The number of carbonyl (C=O) groups excluding carboxylic acids is 1. The molecule has 0 spiro atoms. The first-order valence-electron chi connectivity index (χ1n) is 9.96. The van der Waals surface area contributed by atoms with Crippen molar-refractivity contribution in [2.45, 2.75) is 19.6 Å². The number of benzene rings is 2. The number of ether oxygens (including phenoxy) is 2. The maximum Gasteiger partial charge on any atom is 0.341 e. The van der Waals surface area contributed by atoms with E-state index < -0.39 is 11.8 Å². The van der Waals surface area contributed by atoms with Gasteiger partial charge in [-0.25, -0.2) is 13.9 Å². The first-order chi connectivity index (χ1) is 14.6. The Kier molecular flexibility index (Phi) is 6.21. The molecule has 0 bridgehead atoms. The first-order valence-corrected chi connectivity index (χ1v) is 9.96. The minimum atomic E-state index is -0.487. The van der Waals surface area contributed by atoms with Gasteiger partial charge >= 0.3 is 5.97 Å². The van der Waals surface area contributed by atoms with Crippen molar-refractivity contribution in [2.75, 3.05) is 26.3 Å². The summed E-state index contributed by atoms with van der Waals surface area (Å²) in [6.07, 6.45) is 1.22. The number of hydrogen-bond donors (Lipinski definition) is 0. The summed E-state index contributed by atoms with van der Waals surface area (Å²) in [4.78, 5) is 14.9. The molecule has 1 saturated heterocycles. The zero-order valence-electron chi connectivity index (χ0n) is 16.8. The lowest BCUT2D eigenvalue weighted by molar-refractivity contribution is -0.0612. The van der Waals surface area contributed by atoms with Crippen molar-refractivity contribution in [3.05, 3.63) is 83.4 Å². The number of morpholine rings is 1. The van der Waals surface area contributed by atoms with Gasteiger partial charge in [0.25, 0.3) is 0 Å². The standard InChI is InChI=1S/C23H24FN3O3/c1-17-20(13-25-27(17)22-10-6-5-9-21(22)24)23(28)30-16-19-15-26(11-12-29-19)14-18-7-3-2-4-8-18/h2-10,13,19H,11-12,14-16H2,1H3. The van der Waals surface area contributed by atoms with Crippen molar-refractivity contribution < 1.29 is 18.7 Å². The van der Waals surface area contributed by atoms with Crippen LogP contribution in [0, 0.1) is 12.7 Å². The van der Waals surface area contributed by atoms with Gasteiger partial charge in [-0.05, 0) is 24.6 Å². The van der Waals surface area contributed by atoms with Gasteiger partial charge in [0.15, 0.2) is 0 Å². The molecule has 0 saturated carbocycles. The number of carbonyl (C=O) groups is 1. The lowest BCUT2D eigenvalue weighted by Gasteiger charge is -2.32. The third-order valence-electron chi connectivity index (χ3n) is 5.18. The van der Waals surface area contributed by atoms with Gasteiger partial charge in [-0.1, -0.05) is 42.5 Å². The van der Waals surface area contributed by atoms with E-state index in [1.165, 1.54) is 22.5 Å². The second-order valence-corrected chi connectivity index (χ2v) is 7.32. The van der Waals surface area contributed by atoms with Gasteiger partial charge < -0.3 is 9.47 Å². The molecule has 3 aromatic rings. The van der Waals surface area contributed by atoms with Gasteiger partial charge in [-0.2, -0.15) is 5.10 Å². The van der Waals surface area contributed by atoms with Crippen LogP contribution >= 0.6 is 0 Å². The molecular formula is C23H24FN3O3. The van der Waals surface area contributed by atoms with E-state index in [9.17, 15) is 9.18 Å². The van der Waals surface area contributed by atoms with Crippen molar-refractivity contribution in [1.29, 1.82) is 0 Å². The summed E-state index contributed by atoms with van der Waals surface area (Å²) in [5.41, 5.74) is 2.38. The Bertz CT molecular complexity index is 1010. The Morgan fingerprint density at radius 2 is 1.97 bits per heavy atom. The smallest absolute Gasteiger partial charge is 0.341 e. The van der Waals surface area contributed by atoms with Crippen molar-refractivity contribution >= 4 is 5.97 Å². The van der Waals surface area contributed by atoms with Crippen LogP contribution in [-0.4, -0.2) is 53.1 Å². The largest absolute Gasteiger partial charge is 0.459 e. The normalized spacial score (nSPS) is 17.1. The van der Waals surface area contributed by atoms with Crippen LogP contribution in [0.15, 0.2) is 60.8 Å². The van der Waals surface area contributed by atoms with Crippen LogP contribution in [0.1, 0.15) is 21.6 Å². The van der Waals surface area contributed by atoms with E-state index >= 15 is 0 Å². The number of halogens is 1. The Hall–Kier alpha value is -3.03. The number of aromatic nitrogens is 2. The summed E-state index contributed by atoms with van der Waals surface area (Å²) in [5, 5.41) is 4.16. The Morgan fingerprint density at radius 3 is 2.77 bits per heavy atom. The number of esters is 1. The average Bonchev–Trinajstić information content (AvgIpc) is 3.14. The van der Waals surface area contributed by atoms with E-state index in [4.69, 9.17) is 9.47 Å². The minimum absolute atomic E-state index is 0.161. The van der Waals surface area contributed by atoms with Crippen LogP contribution in [0.2, 0.25) is 0 Å². The highest BCUT2D eigenvalue weighted by atomic mass is 19.1. The molecule has 4 rings (SSSR count). The van der Waals surface area contributed by atoms with Crippen LogP contribution in [0.4, 0.5) is 4.39 Å². The molecule has 1 atom stereocenters. The zero-order valence-corrected chi connectivity index (χ0v) is 16.8. The number of hydrogen-bond acceptors (Lipinski definition) is 5. The summed E-state index contributed by atoms with van der Waals surface area (Å²) in [6.45, 7) is 4.84. The molecule has 1 unspecified atom stereocenters. The van der Waals surface area contributed by atoms with E-state index in [1.54, 1.807) is 25.1 Å². The monoisotopic (exact) mass is 409 g/mol. The predicted octanol–water partition coefficient (Wildman–Crippen LogP) is 3.38. The van der Waals surface area contributed by atoms with Crippen molar-refractivity contribution in [1.82, 2.24) is 14.7 Å². The van der Waals surface area contributed by atoms with Gasteiger partial charge in [0.1, 0.15) is 29.8 Å². The van der Waals surface area contributed by atoms with E-state index in [1.807, 2.05) is 18.2 Å². The molecule has 156 valence electrons. The fraction of sp³-hybridized carbons (Fsp3) is 0.304. The van der Waals surface area contributed by atoms with Crippen molar-refractivity contribution in [3.8, 4) is 5.69 Å². The highest BCUT2D eigenvalue weighted by Gasteiger charge is 2.24. The maximum atomic E-state index is 14.1. The highest BCUT2D eigenvalue weighted by molar-refractivity contribution is 5.90. The Morgan fingerprint density at radius 1 is 1.20 bits per heavy atom. The van der Waals surface area contributed by atoms with Crippen LogP contribution in [-0.2, 0) is 16.0 Å². The average molecular weight is 409 g/mol. The zero-order chi connectivity index (χ0) is 20.9. The molecule has 0 radical (unpaired) electrons. The molecule has 1 fully saturated rings. The maximum absolute atomic E-state index is 14.1. The van der Waals surface area contributed by atoms with Gasteiger partial charge in [0.05, 0.1) is 18.5 Å². The van der Waals surface area contributed by atoms with E-state index in [0.29, 0.717) is 30.1 Å². The van der Waals surface area contributed by atoms with Gasteiger partial charge in [-0.3, -0.25) is 4.90 Å². The van der Waals surface area contributed by atoms with Gasteiger partial charge in [-0.15, -0.1) is 0 Å². The number of nitrogens with zero attached hydrogens (tertiary/aromatic N) is 3. The third-order valence-corrected chi connectivity index (χ3v) is 5.18. The summed E-state index contributed by atoms with van der Waals surface area (Å²) < 4.78 is 26.7. The second-order valence-electron chi connectivity index (χ2n) is 7.32. The van der Waals surface area contributed by atoms with Crippen molar-refractivity contribution in [3.63, 3.8) is 0 Å². The highest BCUT2D eigenvalue weighted by Crippen LogP contribution is 2.18. The van der Waals surface area contributed by atoms with Crippen molar-refractivity contribution in [2.24, 2.45) is 0 Å². The van der Waals surface area contributed by atoms with Crippen LogP contribution in [0.5, 0.6) is 0 Å². The topological polar surface area (TPSA) is 56.6 Å². The van der Waals surface area contributed by atoms with E-state index in [2.05, 4.69) is 22.1 Å². The molecule has 7 heteroatoms. The van der Waals surface area contributed by atoms with Gasteiger partial charge in [0.2, 0.25) is 0 Å². The predicted molar refractivity (Wildman–Crippen MR) is 110 cm³/mol. The lowest BCUT2D eigenvalue weighted by Crippen LogP contribution is -2.44. The molecule has 1 aromatic heterocycles. The minimum Gasteiger partial charge on any atom is -0.459 e. The van der Waals surface area contributed by atoms with E-state index in [-0.39, 0.29) is 12.7 Å². The molecule has 0 amide bonds. The van der Waals surface area contributed by atoms with Gasteiger partial charge in [0, 0.05) is 19.6 Å². The number of para-hydroxylation sites is 1. The summed E-state index contributed by atoms with van der Waals surface area (Å²) in [5.74, 6) is -0.892. The molecule has 1 aliphatic rings. The quantitative estimate of drug-likeness (QED) is 0.585. The second kappa shape index (κ2) is 9.19. The fourth-order valence-electron chi connectivity index (χ4n) is 3.59. The SMILES string of the molecule is Cc1c(C(=O)OCC2CN(Cc3ccccc3)CCO2)cnn1-c1ccccc1F. The van der Waals surface area contributed by atoms with Crippen LogP contribution < -0.4 is 0 Å². The molecule has 1 aliphatic heterocycles. The molecule has 6 nitrogen and oxygen atoms in total. The van der Waals surface area contributed by atoms with Crippen LogP contribution in [0.25, 0.3) is 5.69 Å². The fourth-order valence-corrected chi connectivity index (χ4v) is 3.59. The third kappa shape index (κ3) is 4.58. The summed E-state index contributed by atoms with van der Waals surface area (Å²) in [7, 11) is 0. The first kappa shape index (κ1) is 20.3. The number of rotatable bonds is 6.